The number of hydrogen-bond donors (Lipinski definition) is 1. The van der Waals surface area contributed by atoms with Crippen LogP contribution in [-0.2, 0) is 26.0 Å². The van der Waals surface area contributed by atoms with E-state index in [2.05, 4.69) is 5.32 Å². The molecule has 10 nitrogen and oxygen atoms in total. The van der Waals surface area contributed by atoms with E-state index in [0.717, 1.165) is 27.9 Å². The Morgan fingerprint density at radius 1 is 0.911 bits per heavy atom. The largest absolute Gasteiger partial charge is 0.493 e. The van der Waals surface area contributed by atoms with Crippen molar-refractivity contribution in [2.24, 2.45) is 0 Å². The first-order chi connectivity index (χ1) is 21.5. The average Bonchev–Trinajstić information content (AvgIpc) is 3.27. The lowest BCUT2D eigenvalue weighted by atomic mass is 9.86. The van der Waals surface area contributed by atoms with Gasteiger partial charge in [-0.25, -0.2) is 8.42 Å². The summed E-state index contributed by atoms with van der Waals surface area (Å²) in [7, 11) is -0.587. The maximum absolute atomic E-state index is 14.1. The van der Waals surface area contributed by atoms with Gasteiger partial charge in [-0.05, 0) is 81.0 Å². The molecule has 2 fully saturated rings. The summed E-state index contributed by atoms with van der Waals surface area (Å²) in [6.07, 6.45) is 1.23. The Labute approximate surface area is 266 Å². The minimum Gasteiger partial charge on any atom is -0.493 e. The van der Waals surface area contributed by atoms with Crippen LogP contribution in [0, 0.1) is 20.8 Å². The smallest absolute Gasteiger partial charge is 0.250 e. The summed E-state index contributed by atoms with van der Waals surface area (Å²) in [5.74, 6) is 0.858. The highest BCUT2D eigenvalue weighted by molar-refractivity contribution is 7.89. The number of methoxy groups -OCH3 is 2. The molecule has 45 heavy (non-hydrogen) atoms. The standard InChI is InChI=1S/C34H42N4O6S/c1-24-19-25(2)32(26(3)20-24)45(41,42)37-17-14-34(15-18-37)33(40)36(23-38(34)28-9-7-6-8-10-28)22-31(39)35-16-13-27-11-12-29(43-4)30(21-27)44-5/h6-12,19-21H,13-18,22-23H2,1-5H3,(H,35,39). The number of carbonyl (C=O) groups is 2. The molecule has 0 saturated carbocycles. The quantitative estimate of drug-likeness (QED) is 0.361. The van der Waals surface area contributed by atoms with Gasteiger partial charge in [-0.1, -0.05) is 42.0 Å². The predicted molar refractivity (Wildman–Crippen MR) is 173 cm³/mol. The number of rotatable bonds is 10. The SMILES string of the molecule is COc1ccc(CCNC(=O)CN2CN(c3ccccc3)C3(CCN(S(=O)(=O)c4c(C)cc(C)cc4C)CC3)C2=O)cc1OC. The van der Waals surface area contributed by atoms with Crippen LogP contribution in [-0.4, -0.2) is 82.0 Å². The van der Waals surface area contributed by atoms with Gasteiger partial charge in [0.25, 0.3) is 0 Å². The zero-order chi connectivity index (χ0) is 32.4. The zero-order valence-corrected chi connectivity index (χ0v) is 27.4. The second-order valence-electron chi connectivity index (χ2n) is 11.9. The van der Waals surface area contributed by atoms with E-state index in [9.17, 15) is 18.0 Å². The van der Waals surface area contributed by atoms with E-state index in [1.807, 2.05) is 86.3 Å². The lowest BCUT2D eigenvalue weighted by Gasteiger charge is -2.43. The third-order valence-corrected chi connectivity index (χ3v) is 11.1. The van der Waals surface area contributed by atoms with Gasteiger partial charge in [0.1, 0.15) is 12.1 Å². The number of amides is 2. The maximum Gasteiger partial charge on any atom is 0.250 e. The van der Waals surface area contributed by atoms with Gasteiger partial charge in [0, 0.05) is 25.3 Å². The number of piperidine rings is 1. The zero-order valence-electron chi connectivity index (χ0n) is 26.6. The summed E-state index contributed by atoms with van der Waals surface area (Å²) in [6, 6.07) is 19.1. The molecule has 1 N–H and O–H groups in total. The van der Waals surface area contributed by atoms with Crippen LogP contribution < -0.4 is 19.7 Å². The van der Waals surface area contributed by atoms with Crippen LogP contribution >= 0.6 is 0 Å². The van der Waals surface area contributed by atoms with Crippen molar-refractivity contribution in [3.63, 3.8) is 0 Å². The summed E-state index contributed by atoms with van der Waals surface area (Å²) in [5, 5.41) is 2.94. The molecule has 0 aromatic heterocycles. The minimum absolute atomic E-state index is 0.0837. The van der Waals surface area contributed by atoms with Crippen LogP contribution in [0.5, 0.6) is 11.5 Å². The average molecular weight is 635 g/mol. The third-order valence-electron chi connectivity index (χ3n) is 8.85. The fourth-order valence-electron chi connectivity index (χ4n) is 6.73. The predicted octanol–water partition coefficient (Wildman–Crippen LogP) is 3.82. The van der Waals surface area contributed by atoms with E-state index in [-0.39, 0.29) is 38.1 Å². The second-order valence-corrected chi connectivity index (χ2v) is 13.7. The number of benzene rings is 3. The van der Waals surface area contributed by atoms with Crippen LogP contribution in [0.3, 0.4) is 0 Å². The lowest BCUT2D eigenvalue weighted by molar-refractivity contribution is -0.137. The van der Waals surface area contributed by atoms with Crippen molar-refractivity contribution < 1.29 is 27.5 Å². The van der Waals surface area contributed by atoms with Crippen molar-refractivity contribution in [1.82, 2.24) is 14.5 Å². The number of sulfonamides is 1. The van der Waals surface area contributed by atoms with Gasteiger partial charge in [0.15, 0.2) is 11.5 Å². The molecule has 0 bridgehead atoms. The molecule has 5 rings (SSSR count). The Kier molecular flexibility index (Phi) is 9.41. The van der Waals surface area contributed by atoms with E-state index in [1.165, 1.54) is 4.31 Å². The van der Waals surface area contributed by atoms with Gasteiger partial charge in [-0.3, -0.25) is 9.59 Å². The van der Waals surface area contributed by atoms with Gasteiger partial charge >= 0.3 is 0 Å². The van der Waals surface area contributed by atoms with E-state index < -0.39 is 15.6 Å². The van der Waals surface area contributed by atoms with Crippen molar-refractivity contribution in [3.05, 3.63) is 82.9 Å². The summed E-state index contributed by atoms with van der Waals surface area (Å²) in [5.41, 5.74) is 3.37. The van der Waals surface area contributed by atoms with E-state index in [1.54, 1.807) is 19.1 Å². The Balaban J connectivity index is 1.29. The number of nitrogens with one attached hydrogen (secondary N) is 1. The fraction of sp³-hybridized carbons (Fsp3) is 0.412. The first kappa shape index (κ1) is 32.3. The van der Waals surface area contributed by atoms with Crippen molar-refractivity contribution in [1.29, 1.82) is 0 Å². The number of aryl methyl sites for hydroxylation is 3. The number of nitrogens with zero attached hydrogens (tertiary/aromatic N) is 3. The van der Waals surface area contributed by atoms with Gasteiger partial charge in [0.05, 0.1) is 25.8 Å². The summed E-state index contributed by atoms with van der Waals surface area (Å²) in [6.45, 7) is 6.57. The molecule has 1 spiro atoms. The van der Waals surface area contributed by atoms with Gasteiger partial charge in [0.2, 0.25) is 21.8 Å². The van der Waals surface area contributed by atoms with E-state index in [4.69, 9.17) is 9.47 Å². The molecule has 3 aromatic carbocycles. The molecular weight excluding hydrogens is 592 g/mol. The van der Waals surface area contributed by atoms with Crippen molar-refractivity contribution in [3.8, 4) is 11.5 Å². The number of ether oxygens (including phenoxy) is 2. The summed E-state index contributed by atoms with van der Waals surface area (Å²) >= 11 is 0. The lowest BCUT2D eigenvalue weighted by Crippen LogP contribution is -2.57. The fourth-order valence-corrected chi connectivity index (χ4v) is 8.59. The number of hydrogen-bond acceptors (Lipinski definition) is 7. The Morgan fingerprint density at radius 2 is 1.56 bits per heavy atom. The van der Waals surface area contributed by atoms with Crippen LogP contribution in [0.1, 0.15) is 35.1 Å². The molecule has 2 aliphatic rings. The first-order valence-corrected chi connectivity index (χ1v) is 16.6. The Hall–Kier alpha value is -4.09. The highest BCUT2D eigenvalue weighted by Crippen LogP contribution is 2.41. The van der Waals surface area contributed by atoms with Crippen molar-refractivity contribution in [2.75, 3.05) is 52.0 Å². The molecule has 240 valence electrons. The minimum atomic E-state index is -3.75. The first-order valence-electron chi connectivity index (χ1n) is 15.2. The Morgan fingerprint density at radius 3 is 2.18 bits per heavy atom. The highest BCUT2D eigenvalue weighted by Gasteiger charge is 2.55. The number of anilines is 1. The van der Waals surface area contributed by atoms with E-state index >= 15 is 0 Å². The molecule has 2 saturated heterocycles. The van der Waals surface area contributed by atoms with Crippen LogP contribution in [0.4, 0.5) is 5.69 Å². The van der Waals surface area contributed by atoms with Crippen LogP contribution in [0.2, 0.25) is 0 Å². The molecular formula is C34H42N4O6S. The molecule has 2 aliphatic heterocycles. The molecule has 0 aliphatic carbocycles. The van der Waals surface area contributed by atoms with Gasteiger partial charge < -0.3 is 24.6 Å². The van der Waals surface area contributed by atoms with Gasteiger partial charge in [-0.2, -0.15) is 4.31 Å². The molecule has 0 radical (unpaired) electrons. The monoisotopic (exact) mass is 634 g/mol. The molecule has 0 atom stereocenters. The topological polar surface area (TPSA) is 108 Å². The number of para-hydroxylation sites is 1. The molecule has 3 aromatic rings. The van der Waals surface area contributed by atoms with E-state index in [0.29, 0.717) is 42.2 Å². The van der Waals surface area contributed by atoms with Crippen LogP contribution in [0.15, 0.2) is 65.6 Å². The molecule has 2 amide bonds. The van der Waals surface area contributed by atoms with Crippen LogP contribution in [0.25, 0.3) is 0 Å². The van der Waals surface area contributed by atoms with Crippen molar-refractivity contribution in [2.45, 2.75) is 50.5 Å². The van der Waals surface area contributed by atoms with Crippen molar-refractivity contribution >= 4 is 27.5 Å². The molecule has 2 heterocycles. The second kappa shape index (κ2) is 13.1. The summed E-state index contributed by atoms with van der Waals surface area (Å²) in [4.78, 5) is 31.1. The third kappa shape index (κ3) is 6.37. The maximum atomic E-state index is 14.1. The highest BCUT2D eigenvalue weighted by atomic mass is 32.2. The van der Waals surface area contributed by atoms with Gasteiger partial charge in [-0.15, -0.1) is 0 Å². The molecule has 11 heteroatoms. The summed E-state index contributed by atoms with van der Waals surface area (Å²) < 4.78 is 39.8. The molecule has 0 unspecified atom stereocenters. The normalized spacial score (nSPS) is 16.7. The number of carbonyl (C=O) groups excluding carboxylic acids is 2. The Bertz CT molecular complexity index is 1650.